The Morgan fingerprint density at radius 1 is 1.12 bits per heavy atom. The third-order valence-corrected chi connectivity index (χ3v) is 2.76. The molecule has 1 nitrogen and oxygen atoms in total. The maximum Gasteiger partial charge on any atom is 0.0456 e. The molecule has 0 radical (unpaired) electrons. The van der Waals surface area contributed by atoms with Crippen molar-refractivity contribution in [3.05, 3.63) is 60.8 Å². The van der Waals surface area contributed by atoms with Gasteiger partial charge in [0.05, 0.1) is 0 Å². The Kier molecular flexibility index (Phi) is 3.60. The molecule has 0 saturated heterocycles. The Balaban J connectivity index is 2.21. The number of allylic oxidation sites excluding steroid dienone is 1. The predicted octanol–water partition coefficient (Wildman–Crippen LogP) is 4.19. The number of aromatic nitrogens is 1. The van der Waals surface area contributed by atoms with Crippen LogP contribution in [0.15, 0.2) is 55.3 Å². The van der Waals surface area contributed by atoms with E-state index >= 15 is 0 Å². The Hall–Kier alpha value is -1.76. The molecule has 0 atom stereocenters. The molecule has 0 spiro atoms. The van der Waals surface area contributed by atoms with Crippen LogP contribution < -0.4 is 0 Å². The van der Waals surface area contributed by atoms with Gasteiger partial charge in [0.15, 0.2) is 0 Å². The minimum Gasteiger partial charge on any atom is -0.361 e. The summed E-state index contributed by atoms with van der Waals surface area (Å²) >= 11 is 0. The molecule has 2 aromatic rings. The van der Waals surface area contributed by atoms with Crippen molar-refractivity contribution >= 4 is 0 Å². The number of hydrogen-bond donors (Lipinski definition) is 1. The number of hydrogen-bond acceptors (Lipinski definition) is 0. The van der Waals surface area contributed by atoms with Crippen molar-refractivity contribution in [2.24, 2.45) is 0 Å². The van der Waals surface area contributed by atoms with E-state index in [1.54, 1.807) is 0 Å². The highest BCUT2D eigenvalue weighted by Gasteiger charge is 2.03. The first kappa shape index (κ1) is 10.7. The van der Waals surface area contributed by atoms with E-state index < -0.39 is 0 Å². The molecule has 0 unspecified atom stereocenters. The third-order valence-electron chi connectivity index (χ3n) is 2.76. The SMILES string of the molecule is C=CCCCc1ccccc1-c1ccc[nH]1. The van der Waals surface area contributed by atoms with Gasteiger partial charge in [-0.1, -0.05) is 30.3 Å². The van der Waals surface area contributed by atoms with Crippen molar-refractivity contribution in [1.29, 1.82) is 0 Å². The lowest BCUT2D eigenvalue weighted by atomic mass is 10.00. The normalized spacial score (nSPS) is 10.2. The van der Waals surface area contributed by atoms with Gasteiger partial charge in [-0.3, -0.25) is 0 Å². The smallest absolute Gasteiger partial charge is 0.0456 e. The van der Waals surface area contributed by atoms with E-state index in [1.807, 2.05) is 18.3 Å². The number of rotatable bonds is 5. The zero-order chi connectivity index (χ0) is 11.2. The predicted molar refractivity (Wildman–Crippen MR) is 69.4 cm³/mol. The van der Waals surface area contributed by atoms with Gasteiger partial charge in [0.2, 0.25) is 0 Å². The monoisotopic (exact) mass is 211 g/mol. The highest BCUT2D eigenvalue weighted by Crippen LogP contribution is 2.23. The van der Waals surface area contributed by atoms with Crippen LogP contribution in [0.4, 0.5) is 0 Å². The van der Waals surface area contributed by atoms with Gasteiger partial charge in [0.25, 0.3) is 0 Å². The Morgan fingerprint density at radius 3 is 2.75 bits per heavy atom. The molecular formula is C15H17N. The van der Waals surface area contributed by atoms with Crippen LogP contribution in [0.3, 0.4) is 0 Å². The second-order valence-electron chi connectivity index (χ2n) is 3.92. The summed E-state index contributed by atoms with van der Waals surface area (Å²) < 4.78 is 0. The molecule has 16 heavy (non-hydrogen) atoms. The summed E-state index contributed by atoms with van der Waals surface area (Å²) in [5, 5.41) is 0. The van der Waals surface area contributed by atoms with Crippen molar-refractivity contribution in [3.8, 4) is 11.3 Å². The van der Waals surface area contributed by atoms with Crippen LogP contribution in [0.25, 0.3) is 11.3 Å². The Bertz CT molecular complexity index is 440. The van der Waals surface area contributed by atoms with E-state index in [4.69, 9.17) is 0 Å². The van der Waals surface area contributed by atoms with Crippen LogP contribution in [-0.2, 0) is 6.42 Å². The second-order valence-corrected chi connectivity index (χ2v) is 3.92. The van der Waals surface area contributed by atoms with E-state index in [1.165, 1.54) is 23.2 Å². The first-order valence-electron chi connectivity index (χ1n) is 5.74. The highest BCUT2D eigenvalue weighted by molar-refractivity contribution is 5.63. The fourth-order valence-corrected chi connectivity index (χ4v) is 1.94. The lowest BCUT2D eigenvalue weighted by Crippen LogP contribution is -1.90. The maximum absolute atomic E-state index is 3.76. The van der Waals surface area contributed by atoms with Crippen molar-refractivity contribution in [2.75, 3.05) is 0 Å². The van der Waals surface area contributed by atoms with Gasteiger partial charge in [-0.15, -0.1) is 6.58 Å². The maximum atomic E-state index is 3.76. The molecule has 0 saturated carbocycles. The van der Waals surface area contributed by atoms with Gasteiger partial charge in [-0.05, 0) is 37.0 Å². The van der Waals surface area contributed by atoms with Gasteiger partial charge in [0, 0.05) is 17.5 Å². The molecule has 1 aromatic heterocycles. The standard InChI is InChI=1S/C15H17N/c1-2-3-4-8-13-9-5-6-10-14(13)15-11-7-12-16-15/h2,5-7,9-12,16H,1,3-4,8H2. The summed E-state index contributed by atoms with van der Waals surface area (Å²) in [6.07, 6.45) is 7.31. The summed E-state index contributed by atoms with van der Waals surface area (Å²) in [5.74, 6) is 0. The molecule has 1 heteroatoms. The summed E-state index contributed by atoms with van der Waals surface area (Å²) in [7, 11) is 0. The average Bonchev–Trinajstić information content (AvgIpc) is 2.83. The van der Waals surface area contributed by atoms with Gasteiger partial charge in [-0.2, -0.15) is 0 Å². The van der Waals surface area contributed by atoms with Crippen molar-refractivity contribution in [3.63, 3.8) is 0 Å². The molecular weight excluding hydrogens is 194 g/mol. The Labute approximate surface area is 96.8 Å². The molecule has 1 aromatic carbocycles. The number of unbranched alkanes of at least 4 members (excludes halogenated alkanes) is 1. The summed E-state index contributed by atoms with van der Waals surface area (Å²) in [4.78, 5) is 3.26. The summed E-state index contributed by atoms with van der Waals surface area (Å²) in [5.41, 5.74) is 3.93. The number of H-pyrrole nitrogens is 1. The minimum atomic E-state index is 1.08. The Morgan fingerprint density at radius 2 is 2.00 bits per heavy atom. The highest BCUT2D eigenvalue weighted by atomic mass is 14.7. The molecule has 0 aliphatic carbocycles. The van der Waals surface area contributed by atoms with Crippen LogP contribution in [0, 0.1) is 0 Å². The van der Waals surface area contributed by atoms with Crippen molar-refractivity contribution in [1.82, 2.24) is 4.98 Å². The van der Waals surface area contributed by atoms with Crippen LogP contribution >= 0.6 is 0 Å². The molecule has 0 bridgehead atoms. The fraction of sp³-hybridized carbons (Fsp3) is 0.200. The van der Waals surface area contributed by atoms with Crippen molar-refractivity contribution < 1.29 is 0 Å². The number of nitrogens with one attached hydrogen (secondary N) is 1. The average molecular weight is 211 g/mol. The number of aryl methyl sites for hydroxylation is 1. The zero-order valence-electron chi connectivity index (χ0n) is 9.45. The topological polar surface area (TPSA) is 15.8 Å². The van der Waals surface area contributed by atoms with E-state index in [9.17, 15) is 0 Å². The van der Waals surface area contributed by atoms with Gasteiger partial charge < -0.3 is 4.98 Å². The molecule has 0 aliphatic heterocycles. The van der Waals surface area contributed by atoms with E-state index in [2.05, 4.69) is 41.9 Å². The van der Waals surface area contributed by atoms with Gasteiger partial charge >= 0.3 is 0 Å². The number of benzene rings is 1. The van der Waals surface area contributed by atoms with E-state index in [0.29, 0.717) is 0 Å². The van der Waals surface area contributed by atoms with Crippen LogP contribution in [0.2, 0.25) is 0 Å². The van der Waals surface area contributed by atoms with Gasteiger partial charge in [-0.25, -0.2) is 0 Å². The largest absolute Gasteiger partial charge is 0.361 e. The first-order valence-corrected chi connectivity index (χ1v) is 5.74. The second kappa shape index (κ2) is 5.36. The first-order chi connectivity index (χ1) is 7.92. The van der Waals surface area contributed by atoms with Crippen LogP contribution in [0.5, 0.6) is 0 Å². The number of aromatic amines is 1. The van der Waals surface area contributed by atoms with E-state index in [0.717, 1.165) is 12.8 Å². The zero-order valence-corrected chi connectivity index (χ0v) is 9.45. The van der Waals surface area contributed by atoms with Crippen molar-refractivity contribution in [2.45, 2.75) is 19.3 Å². The molecule has 1 N–H and O–H groups in total. The van der Waals surface area contributed by atoms with Gasteiger partial charge in [0.1, 0.15) is 0 Å². The minimum absolute atomic E-state index is 1.08. The van der Waals surface area contributed by atoms with Crippen LogP contribution in [0.1, 0.15) is 18.4 Å². The third kappa shape index (κ3) is 2.43. The lowest BCUT2D eigenvalue weighted by Gasteiger charge is -2.07. The summed E-state index contributed by atoms with van der Waals surface area (Å²) in [6, 6.07) is 12.7. The molecule has 0 fully saturated rings. The van der Waals surface area contributed by atoms with E-state index in [-0.39, 0.29) is 0 Å². The molecule has 2 rings (SSSR count). The molecule has 82 valence electrons. The molecule has 0 aliphatic rings. The fourth-order valence-electron chi connectivity index (χ4n) is 1.94. The molecule has 0 amide bonds. The molecule has 1 heterocycles. The quantitative estimate of drug-likeness (QED) is 0.564. The lowest BCUT2D eigenvalue weighted by molar-refractivity contribution is 0.845. The van der Waals surface area contributed by atoms with Crippen LogP contribution in [-0.4, -0.2) is 4.98 Å². The summed E-state index contributed by atoms with van der Waals surface area (Å²) in [6.45, 7) is 3.76.